The fourth-order valence-corrected chi connectivity index (χ4v) is 2.79. The summed E-state index contributed by atoms with van der Waals surface area (Å²) in [5, 5.41) is 0. The molecule has 0 saturated heterocycles. The van der Waals surface area contributed by atoms with E-state index >= 15 is 0 Å². The van der Waals surface area contributed by atoms with Crippen molar-refractivity contribution < 1.29 is 0 Å². The van der Waals surface area contributed by atoms with E-state index in [4.69, 9.17) is 23.2 Å². The van der Waals surface area contributed by atoms with Crippen LogP contribution in [-0.2, 0) is 6.42 Å². The van der Waals surface area contributed by atoms with Crippen molar-refractivity contribution in [2.45, 2.75) is 30.6 Å². The molecule has 0 N–H and O–H groups in total. The molecule has 0 unspecified atom stereocenters. The molecule has 0 amide bonds. The second-order valence-corrected chi connectivity index (χ2v) is 6.79. The van der Waals surface area contributed by atoms with Crippen LogP contribution in [0.5, 0.6) is 0 Å². The number of rotatable bonds is 5. The Hall–Kier alpha value is -1.31. The molecule has 0 spiro atoms. The van der Waals surface area contributed by atoms with Gasteiger partial charge in [-0.3, -0.25) is 4.99 Å². The highest BCUT2D eigenvalue weighted by molar-refractivity contribution is 6.60. The zero-order valence-corrected chi connectivity index (χ0v) is 13.8. The van der Waals surface area contributed by atoms with E-state index in [-0.39, 0.29) is 6.04 Å². The topological polar surface area (TPSA) is 12.4 Å². The summed E-state index contributed by atoms with van der Waals surface area (Å²) >= 11 is 13.3. The average Bonchev–Trinajstić information content (AvgIpc) is 2.46. The van der Waals surface area contributed by atoms with Gasteiger partial charge < -0.3 is 0 Å². The first-order valence-electron chi connectivity index (χ1n) is 7.04. The highest BCUT2D eigenvalue weighted by Gasteiger charge is 2.32. The van der Waals surface area contributed by atoms with Crippen LogP contribution < -0.4 is 0 Å². The van der Waals surface area contributed by atoms with Crippen molar-refractivity contribution in [3.63, 3.8) is 0 Å². The van der Waals surface area contributed by atoms with Crippen LogP contribution in [0.1, 0.15) is 25.0 Å². The molecule has 0 atom stereocenters. The minimum absolute atomic E-state index is 0.132. The lowest BCUT2D eigenvalue weighted by Crippen LogP contribution is -2.30. The summed E-state index contributed by atoms with van der Waals surface area (Å²) < 4.78 is -1.05. The van der Waals surface area contributed by atoms with Gasteiger partial charge >= 0.3 is 0 Å². The van der Waals surface area contributed by atoms with Crippen LogP contribution in [0.2, 0.25) is 0 Å². The van der Waals surface area contributed by atoms with E-state index in [1.54, 1.807) is 0 Å². The van der Waals surface area contributed by atoms with Gasteiger partial charge in [-0.1, -0.05) is 83.9 Å². The summed E-state index contributed by atoms with van der Waals surface area (Å²) in [6.45, 7) is 4.05. The van der Waals surface area contributed by atoms with Crippen molar-refractivity contribution in [3.05, 3.63) is 71.8 Å². The quantitative estimate of drug-likeness (QED) is 0.523. The van der Waals surface area contributed by atoms with Crippen molar-refractivity contribution in [2.24, 2.45) is 4.99 Å². The van der Waals surface area contributed by atoms with Crippen LogP contribution in [0.3, 0.4) is 0 Å². The molecule has 0 fully saturated rings. The summed E-state index contributed by atoms with van der Waals surface area (Å²) in [4.78, 5) is 4.67. The number of alkyl halides is 2. The maximum absolute atomic E-state index is 6.65. The number of benzene rings is 2. The van der Waals surface area contributed by atoms with Crippen LogP contribution in [-0.4, -0.2) is 16.1 Å². The lowest BCUT2D eigenvalue weighted by atomic mass is 10.0. The number of halogens is 2. The summed E-state index contributed by atoms with van der Waals surface area (Å²) in [7, 11) is 0. The molecule has 3 heteroatoms. The highest BCUT2D eigenvalue weighted by atomic mass is 35.5. The van der Waals surface area contributed by atoms with Crippen LogP contribution in [0, 0.1) is 0 Å². The van der Waals surface area contributed by atoms with Gasteiger partial charge in [0.1, 0.15) is 0 Å². The van der Waals surface area contributed by atoms with Gasteiger partial charge in [-0.05, 0) is 25.0 Å². The molecule has 0 aliphatic heterocycles. The molecule has 0 aliphatic rings. The van der Waals surface area contributed by atoms with Crippen molar-refractivity contribution in [1.82, 2.24) is 0 Å². The fraction of sp³-hybridized carbons (Fsp3) is 0.278. The van der Waals surface area contributed by atoms with Gasteiger partial charge in [0, 0.05) is 12.5 Å². The predicted molar refractivity (Wildman–Crippen MR) is 92.7 cm³/mol. The highest BCUT2D eigenvalue weighted by Crippen LogP contribution is 2.31. The van der Waals surface area contributed by atoms with Crippen LogP contribution in [0.4, 0.5) is 0 Å². The maximum atomic E-state index is 6.65. The Kier molecular flexibility index (Phi) is 5.44. The molecule has 0 heterocycles. The molecule has 0 saturated carbocycles. The number of hydrogen-bond acceptors (Lipinski definition) is 1. The van der Waals surface area contributed by atoms with Crippen molar-refractivity contribution in [2.75, 3.05) is 0 Å². The lowest BCUT2D eigenvalue weighted by molar-refractivity contribution is 0.821. The number of hydrogen-bond donors (Lipinski definition) is 0. The summed E-state index contributed by atoms with van der Waals surface area (Å²) in [5.41, 5.74) is 2.78. The Morgan fingerprint density at radius 3 is 2.00 bits per heavy atom. The van der Waals surface area contributed by atoms with Gasteiger partial charge in [-0.2, -0.15) is 0 Å². The molecule has 1 nitrogen and oxygen atoms in total. The fourth-order valence-electron chi connectivity index (χ4n) is 2.17. The van der Waals surface area contributed by atoms with Crippen LogP contribution in [0.25, 0.3) is 0 Å². The van der Waals surface area contributed by atoms with Crippen molar-refractivity contribution in [3.8, 4) is 0 Å². The Balaban J connectivity index is 2.36. The van der Waals surface area contributed by atoms with E-state index in [2.05, 4.69) is 4.99 Å². The van der Waals surface area contributed by atoms with E-state index in [0.29, 0.717) is 6.42 Å². The maximum Gasteiger partial charge on any atom is 0.163 e. The molecular weight excluding hydrogens is 301 g/mol. The third kappa shape index (κ3) is 4.59. The largest absolute Gasteiger partial charge is 0.283 e. The Morgan fingerprint density at radius 1 is 0.952 bits per heavy atom. The normalized spacial score (nSPS) is 12.7. The predicted octanol–water partition coefficient (Wildman–Crippen LogP) is 5.30. The monoisotopic (exact) mass is 319 g/mol. The summed E-state index contributed by atoms with van der Waals surface area (Å²) in [6.07, 6.45) is 0.525. The molecule has 110 valence electrons. The summed E-state index contributed by atoms with van der Waals surface area (Å²) in [5.74, 6) is 0. The third-order valence-electron chi connectivity index (χ3n) is 3.05. The van der Waals surface area contributed by atoms with Crippen LogP contribution >= 0.6 is 23.2 Å². The molecule has 21 heavy (non-hydrogen) atoms. The lowest BCUT2D eigenvalue weighted by Gasteiger charge is -2.23. The van der Waals surface area contributed by atoms with Crippen LogP contribution in [0.15, 0.2) is 65.7 Å². The second kappa shape index (κ2) is 7.11. The van der Waals surface area contributed by atoms with Gasteiger partial charge in [0.2, 0.25) is 0 Å². The van der Waals surface area contributed by atoms with E-state index < -0.39 is 4.33 Å². The zero-order valence-electron chi connectivity index (χ0n) is 12.3. The number of nitrogens with zero attached hydrogens (tertiary/aromatic N) is 1. The first-order chi connectivity index (χ1) is 9.99. The Labute approximate surface area is 136 Å². The number of aliphatic imine (C=N–C) groups is 1. The molecule has 0 radical (unpaired) electrons. The smallest absolute Gasteiger partial charge is 0.163 e. The third-order valence-corrected chi connectivity index (χ3v) is 3.68. The van der Waals surface area contributed by atoms with E-state index in [1.807, 2.05) is 74.5 Å². The minimum Gasteiger partial charge on any atom is -0.283 e. The van der Waals surface area contributed by atoms with E-state index in [9.17, 15) is 0 Å². The Bertz CT molecular complexity index is 589. The van der Waals surface area contributed by atoms with Crippen molar-refractivity contribution in [1.29, 1.82) is 0 Å². The van der Waals surface area contributed by atoms with Crippen molar-refractivity contribution >= 4 is 28.9 Å². The zero-order chi connectivity index (χ0) is 15.3. The first kappa shape index (κ1) is 16.1. The second-order valence-electron chi connectivity index (χ2n) is 5.30. The summed E-state index contributed by atoms with van der Waals surface area (Å²) in [6, 6.07) is 20.0. The molecule has 2 rings (SSSR count). The van der Waals surface area contributed by atoms with Gasteiger partial charge in [0.25, 0.3) is 0 Å². The minimum atomic E-state index is -1.05. The van der Waals surface area contributed by atoms with Gasteiger partial charge in [-0.15, -0.1) is 0 Å². The SMILES string of the molecule is CC(C)N=C(c1ccccc1)C(Cl)(Cl)Cc1ccccc1. The molecular formula is C18H19Cl2N. The molecule has 0 aliphatic carbocycles. The Morgan fingerprint density at radius 2 is 1.48 bits per heavy atom. The van der Waals surface area contributed by atoms with E-state index in [1.165, 1.54) is 0 Å². The molecule has 0 aromatic heterocycles. The molecule has 2 aromatic carbocycles. The first-order valence-corrected chi connectivity index (χ1v) is 7.80. The molecule has 0 bridgehead atoms. The van der Waals surface area contributed by atoms with Gasteiger partial charge in [0.05, 0.1) is 5.71 Å². The van der Waals surface area contributed by atoms with Gasteiger partial charge in [0.15, 0.2) is 4.33 Å². The average molecular weight is 320 g/mol. The molecule has 2 aromatic rings. The standard InChI is InChI=1S/C18H19Cl2N/c1-14(2)21-17(16-11-7-4-8-12-16)18(19,20)13-15-9-5-3-6-10-15/h3-12,14H,13H2,1-2H3. The van der Waals surface area contributed by atoms with E-state index in [0.717, 1.165) is 16.8 Å². The van der Waals surface area contributed by atoms with Gasteiger partial charge in [-0.25, -0.2) is 0 Å².